The zero-order valence-electron chi connectivity index (χ0n) is 12.3. The van der Waals surface area contributed by atoms with Crippen molar-refractivity contribution in [3.63, 3.8) is 0 Å². The van der Waals surface area contributed by atoms with Gasteiger partial charge in [-0.3, -0.25) is 4.74 Å². The molecule has 1 aliphatic rings. The summed E-state index contributed by atoms with van der Waals surface area (Å²) >= 11 is 0. The Morgan fingerprint density at radius 3 is 2.61 bits per heavy atom. The summed E-state index contributed by atoms with van der Waals surface area (Å²) in [5.41, 5.74) is 8.94. The van der Waals surface area contributed by atoms with E-state index in [0.717, 1.165) is 16.8 Å². The van der Waals surface area contributed by atoms with Crippen LogP contribution >= 0.6 is 0 Å². The third-order valence-corrected chi connectivity index (χ3v) is 3.85. The van der Waals surface area contributed by atoms with Crippen LogP contribution in [0.1, 0.15) is 23.2 Å². The Labute approximate surface area is 131 Å². The molecule has 122 valence electrons. The Balaban J connectivity index is 1.78. The van der Waals surface area contributed by atoms with Crippen molar-refractivity contribution in [1.82, 2.24) is 9.97 Å². The monoisotopic (exact) mass is 323 g/mol. The Morgan fingerprint density at radius 1 is 1.22 bits per heavy atom. The minimum Gasteiger partial charge on any atom is -0.326 e. The minimum absolute atomic E-state index is 0.182. The Morgan fingerprint density at radius 2 is 1.96 bits per heavy atom. The summed E-state index contributed by atoms with van der Waals surface area (Å²) in [5, 5.41) is 0. The van der Waals surface area contributed by atoms with Gasteiger partial charge in [-0.2, -0.15) is 0 Å². The molecule has 1 aromatic heterocycles. The Kier molecular flexibility index (Phi) is 4.32. The lowest BCUT2D eigenvalue weighted by molar-refractivity contribution is -0.343. The molecule has 0 aliphatic heterocycles. The SMILES string of the molecule is NCc1ccc(-c2ncc3c(n2)CCC(OC(F)(F)F)C3)cc1. The van der Waals surface area contributed by atoms with Crippen LogP contribution in [0.15, 0.2) is 30.5 Å². The first-order valence-corrected chi connectivity index (χ1v) is 7.33. The highest BCUT2D eigenvalue weighted by Crippen LogP contribution is 2.28. The van der Waals surface area contributed by atoms with Gasteiger partial charge in [0.1, 0.15) is 0 Å². The minimum atomic E-state index is -4.60. The van der Waals surface area contributed by atoms with Crippen molar-refractivity contribution in [3.8, 4) is 11.4 Å². The van der Waals surface area contributed by atoms with Gasteiger partial charge in [0.2, 0.25) is 0 Å². The molecule has 0 saturated heterocycles. The third kappa shape index (κ3) is 3.86. The maximum Gasteiger partial charge on any atom is 0.522 e. The fourth-order valence-corrected chi connectivity index (χ4v) is 2.69. The molecule has 2 N–H and O–H groups in total. The number of nitrogens with two attached hydrogens (primary N) is 1. The quantitative estimate of drug-likeness (QED) is 0.943. The van der Waals surface area contributed by atoms with E-state index in [1.54, 1.807) is 6.20 Å². The van der Waals surface area contributed by atoms with E-state index in [-0.39, 0.29) is 6.42 Å². The number of benzene rings is 1. The van der Waals surface area contributed by atoms with Crippen molar-refractivity contribution in [2.45, 2.75) is 38.3 Å². The van der Waals surface area contributed by atoms with Gasteiger partial charge in [-0.25, -0.2) is 9.97 Å². The summed E-state index contributed by atoms with van der Waals surface area (Å²) in [7, 11) is 0. The topological polar surface area (TPSA) is 61.0 Å². The van der Waals surface area contributed by atoms with Crippen molar-refractivity contribution >= 4 is 0 Å². The number of hydrogen-bond donors (Lipinski definition) is 1. The van der Waals surface area contributed by atoms with Gasteiger partial charge >= 0.3 is 6.36 Å². The molecule has 1 aliphatic carbocycles. The molecule has 1 atom stereocenters. The van der Waals surface area contributed by atoms with Crippen LogP contribution < -0.4 is 5.73 Å². The van der Waals surface area contributed by atoms with Crippen LogP contribution in [0, 0.1) is 0 Å². The van der Waals surface area contributed by atoms with Crippen molar-refractivity contribution in [3.05, 3.63) is 47.3 Å². The van der Waals surface area contributed by atoms with Gasteiger partial charge in [-0.1, -0.05) is 24.3 Å². The summed E-state index contributed by atoms with van der Waals surface area (Å²) in [6.45, 7) is 0.464. The van der Waals surface area contributed by atoms with E-state index in [1.807, 2.05) is 24.3 Å². The highest BCUT2D eigenvalue weighted by Gasteiger charge is 2.35. The van der Waals surface area contributed by atoms with Crippen LogP contribution in [0.25, 0.3) is 11.4 Å². The van der Waals surface area contributed by atoms with Crippen LogP contribution in [0.5, 0.6) is 0 Å². The second-order valence-corrected chi connectivity index (χ2v) is 5.49. The molecule has 4 nitrogen and oxygen atoms in total. The van der Waals surface area contributed by atoms with Gasteiger partial charge in [-0.05, 0) is 24.0 Å². The van der Waals surface area contributed by atoms with E-state index >= 15 is 0 Å². The maximum absolute atomic E-state index is 12.3. The number of ether oxygens (including phenoxy) is 1. The van der Waals surface area contributed by atoms with Crippen molar-refractivity contribution in [1.29, 1.82) is 0 Å². The van der Waals surface area contributed by atoms with Gasteiger partial charge in [0.25, 0.3) is 0 Å². The van der Waals surface area contributed by atoms with Gasteiger partial charge < -0.3 is 5.73 Å². The van der Waals surface area contributed by atoms with E-state index in [0.29, 0.717) is 30.8 Å². The van der Waals surface area contributed by atoms with Crippen LogP contribution in [0.4, 0.5) is 13.2 Å². The summed E-state index contributed by atoms with van der Waals surface area (Å²) in [6.07, 6.45) is -2.93. The number of rotatable bonds is 3. The molecular weight excluding hydrogens is 307 g/mol. The average Bonchev–Trinajstić information content (AvgIpc) is 2.53. The van der Waals surface area contributed by atoms with Crippen molar-refractivity contribution < 1.29 is 17.9 Å². The zero-order chi connectivity index (χ0) is 16.4. The number of hydrogen-bond acceptors (Lipinski definition) is 4. The molecule has 0 bridgehead atoms. The molecule has 3 rings (SSSR count). The first-order chi connectivity index (χ1) is 10.9. The molecule has 7 heteroatoms. The van der Waals surface area contributed by atoms with Crippen LogP contribution in [-0.2, 0) is 24.1 Å². The van der Waals surface area contributed by atoms with E-state index < -0.39 is 12.5 Å². The number of aromatic nitrogens is 2. The maximum atomic E-state index is 12.3. The number of halogens is 3. The number of fused-ring (bicyclic) bond motifs is 1. The predicted octanol–water partition coefficient (Wildman–Crippen LogP) is 3.00. The van der Waals surface area contributed by atoms with Gasteiger partial charge in [0.15, 0.2) is 5.82 Å². The highest BCUT2D eigenvalue weighted by molar-refractivity contribution is 5.55. The predicted molar refractivity (Wildman–Crippen MR) is 78.3 cm³/mol. The second-order valence-electron chi connectivity index (χ2n) is 5.49. The highest BCUT2D eigenvalue weighted by atomic mass is 19.4. The van der Waals surface area contributed by atoms with Gasteiger partial charge in [0.05, 0.1) is 6.10 Å². The summed E-state index contributed by atoms with van der Waals surface area (Å²) in [6, 6.07) is 7.60. The van der Waals surface area contributed by atoms with E-state index in [1.165, 1.54) is 0 Å². The lowest BCUT2D eigenvalue weighted by Gasteiger charge is -2.24. The number of nitrogens with zero attached hydrogens (tertiary/aromatic N) is 2. The Bertz CT molecular complexity index is 686. The number of alkyl halides is 3. The molecule has 1 heterocycles. The first kappa shape index (κ1) is 15.9. The average molecular weight is 323 g/mol. The lowest BCUT2D eigenvalue weighted by atomic mass is 9.94. The van der Waals surface area contributed by atoms with Gasteiger partial charge in [-0.15, -0.1) is 13.2 Å². The van der Waals surface area contributed by atoms with E-state index in [9.17, 15) is 13.2 Å². The molecule has 2 aromatic rings. The largest absolute Gasteiger partial charge is 0.522 e. The van der Waals surface area contributed by atoms with E-state index in [4.69, 9.17) is 5.73 Å². The van der Waals surface area contributed by atoms with Crippen LogP contribution in [0.3, 0.4) is 0 Å². The normalized spacial score (nSPS) is 17.8. The van der Waals surface area contributed by atoms with E-state index in [2.05, 4.69) is 14.7 Å². The molecule has 0 radical (unpaired) electrons. The standard InChI is InChI=1S/C16H16F3N3O/c17-16(18,19)23-13-5-6-14-12(7-13)9-21-15(22-14)11-3-1-10(8-20)2-4-11/h1-4,9,13H,5-8,20H2. The Hall–Kier alpha value is -1.99. The van der Waals surface area contributed by atoms with Crippen molar-refractivity contribution in [2.75, 3.05) is 0 Å². The molecule has 1 aromatic carbocycles. The summed E-state index contributed by atoms with van der Waals surface area (Å²) in [5.74, 6) is 0.572. The number of aryl methyl sites for hydroxylation is 1. The van der Waals surface area contributed by atoms with Crippen molar-refractivity contribution in [2.24, 2.45) is 5.73 Å². The fourth-order valence-electron chi connectivity index (χ4n) is 2.69. The molecule has 0 spiro atoms. The third-order valence-electron chi connectivity index (χ3n) is 3.85. The molecule has 0 amide bonds. The molecule has 23 heavy (non-hydrogen) atoms. The zero-order valence-corrected chi connectivity index (χ0v) is 12.3. The fraction of sp³-hybridized carbons (Fsp3) is 0.375. The van der Waals surface area contributed by atoms with Crippen LogP contribution in [0.2, 0.25) is 0 Å². The smallest absolute Gasteiger partial charge is 0.326 e. The van der Waals surface area contributed by atoms with Gasteiger partial charge in [0, 0.05) is 30.4 Å². The van der Waals surface area contributed by atoms with Crippen LogP contribution in [-0.4, -0.2) is 22.4 Å². The summed E-state index contributed by atoms with van der Waals surface area (Å²) < 4.78 is 41.0. The molecular formula is C16H16F3N3O. The second kappa shape index (κ2) is 6.25. The molecule has 0 saturated carbocycles. The summed E-state index contributed by atoms with van der Waals surface area (Å²) in [4.78, 5) is 8.76. The molecule has 1 unspecified atom stereocenters. The first-order valence-electron chi connectivity index (χ1n) is 7.33. The lowest BCUT2D eigenvalue weighted by Crippen LogP contribution is -2.29. The molecule has 0 fully saturated rings.